The van der Waals surface area contributed by atoms with E-state index in [0.29, 0.717) is 4.68 Å². The van der Waals surface area contributed by atoms with Gasteiger partial charge in [-0.15, -0.1) is 5.10 Å². The standard InChI is InChI=1S/C25H19F4N7O3/c1-34-17-8-13(9-30)20(32-21(17)22(27)33-34)15-3-4-16(26)19-14(15)5-6-35(23(19)37)18(24(38)39-2)7-12-10-31-36(11-12)25(28)29/h3-4,8,10-11,18,25H,5-7H2,1-2H3/t18-/m1/s1. The van der Waals surface area contributed by atoms with Crippen LogP contribution >= 0.6 is 0 Å². The van der Waals surface area contributed by atoms with Gasteiger partial charge in [-0.3, -0.25) is 9.48 Å². The number of nitrogens with zero attached hydrogens (tertiary/aromatic N) is 7. The van der Waals surface area contributed by atoms with Crippen molar-refractivity contribution in [3.8, 4) is 17.3 Å². The zero-order valence-corrected chi connectivity index (χ0v) is 20.5. The topological polar surface area (TPSA) is 119 Å². The van der Waals surface area contributed by atoms with Crippen molar-refractivity contribution in [2.45, 2.75) is 25.4 Å². The second kappa shape index (κ2) is 9.82. The highest BCUT2D eigenvalue weighted by atomic mass is 19.3. The number of hydrogen-bond donors (Lipinski definition) is 0. The number of ether oxygens (including phenoxy) is 1. The predicted octanol–water partition coefficient (Wildman–Crippen LogP) is 3.16. The summed E-state index contributed by atoms with van der Waals surface area (Å²) in [4.78, 5) is 31.7. The molecule has 14 heteroatoms. The molecule has 39 heavy (non-hydrogen) atoms. The second-order valence-corrected chi connectivity index (χ2v) is 8.82. The van der Waals surface area contributed by atoms with Crippen LogP contribution in [0.2, 0.25) is 0 Å². The van der Waals surface area contributed by atoms with Crippen LogP contribution in [0.5, 0.6) is 0 Å². The third-order valence-electron chi connectivity index (χ3n) is 6.63. The predicted molar refractivity (Wildman–Crippen MR) is 126 cm³/mol. The molecule has 10 nitrogen and oxygen atoms in total. The average Bonchev–Trinajstić information content (AvgIpc) is 3.50. The molecule has 1 amide bonds. The fourth-order valence-corrected chi connectivity index (χ4v) is 4.80. The summed E-state index contributed by atoms with van der Waals surface area (Å²) in [5.41, 5.74) is 0.704. The van der Waals surface area contributed by atoms with Crippen LogP contribution in [-0.4, -0.2) is 61.0 Å². The van der Waals surface area contributed by atoms with Crippen LogP contribution in [0.15, 0.2) is 30.6 Å². The zero-order chi connectivity index (χ0) is 28.0. The Hall–Kier alpha value is -4.80. The molecule has 0 unspecified atom stereocenters. The monoisotopic (exact) mass is 541 g/mol. The quantitative estimate of drug-likeness (QED) is 0.272. The van der Waals surface area contributed by atoms with E-state index in [2.05, 4.69) is 15.2 Å². The molecule has 5 rings (SSSR count). The average molecular weight is 541 g/mol. The smallest absolute Gasteiger partial charge is 0.333 e. The number of benzene rings is 1. The van der Waals surface area contributed by atoms with E-state index < -0.39 is 36.2 Å². The summed E-state index contributed by atoms with van der Waals surface area (Å²) in [6.45, 7) is -2.95. The van der Waals surface area contributed by atoms with Crippen LogP contribution in [0.3, 0.4) is 0 Å². The van der Waals surface area contributed by atoms with E-state index in [1.807, 2.05) is 6.07 Å². The van der Waals surface area contributed by atoms with Crippen molar-refractivity contribution < 1.29 is 31.9 Å². The summed E-state index contributed by atoms with van der Waals surface area (Å²) in [6, 6.07) is 4.55. The number of carbonyl (C=O) groups excluding carboxylic acids is 2. The van der Waals surface area contributed by atoms with Gasteiger partial charge in [0.2, 0.25) is 0 Å². The Kier molecular flexibility index (Phi) is 6.51. The fourth-order valence-electron chi connectivity index (χ4n) is 4.80. The van der Waals surface area contributed by atoms with Gasteiger partial charge in [-0.25, -0.2) is 18.9 Å². The van der Waals surface area contributed by atoms with Crippen LogP contribution in [0.25, 0.3) is 22.3 Å². The Balaban J connectivity index is 1.57. The van der Waals surface area contributed by atoms with E-state index in [0.717, 1.165) is 30.5 Å². The largest absolute Gasteiger partial charge is 0.467 e. The normalized spacial score (nSPS) is 14.0. The van der Waals surface area contributed by atoms with Gasteiger partial charge in [-0.05, 0) is 35.7 Å². The first-order valence-corrected chi connectivity index (χ1v) is 11.6. The highest BCUT2D eigenvalue weighted by Gasteiger charge is 2.38. The van der Waals surface area contributed by atoms with Gasteiger partial charge in [0, 0.05) is 31.8 Å². The van der Waals surface area contributed by atoms with Gasteiger partial charge in [0.1, 0.15) is 23.4 Å². The van der Waals surface area contributed by atoms with Gasteiger partial charge in [0.05, 0.1) is 35.6 Å². The Bertz CT molecular complexity index is 1670. The van der Waals surface area contributed by atoms with Crippen molar-refractivity contribution in [3.63, 3.8) is 0 Å². The van der Waals surface area contributed by atoms with E-state index in [1.54, 1.807) is 0 Å². The highest BCUT2D eigenvalue weighted by Crippen LogP contribution is 2.35. The number of fused-ring (bicyclic) bond motifs is 2. The van der Waals surface area contributed by atoms with Crippen LogP contribution < -0.4 is 0 Å². The summed E-state index contributed by atoms with van der Waals surface area (Å²) in [5.74, 6) is -3.38. The minimum atomic E-state index is -2.89. The third-order valence-corrected chi connectivity index (χ3v) is 6.63. The van der Waals surface area contributed by atoms with Gasteiger partial charge < -0.3 is 9.64 Å². The van der Waals surface area contributed by atoms with Crippen LogP contribution in [0, 0.1) is 23.1 Å². The zero-order valence-electron chi connectivity index (χ0n) is 20.5. The summed E-state index contributed by atoms with van der Waals surface area (Å²) in [7, 11) is 2.61. The first-order valence-electron chi connectivity index (χ1n) is 11.6. The van der Waals surface area contributed by atoms with Crippen molar-refractivity contribution in [2.75, 3.05) is 13.7 Å². The number of alkyl halides is 2. The van der Waals surface area contributed by atoms with Crippen LogP contribution in [-0.2, 0) is 29.4 Å². The van der Waals surface area contributed by atoms with E-state index >= 15 is 4.39 Å². The van der Waals surface area contributed by atoms with E-state index in [9.17, 15) is 28.0 Å². The molecule has 0 bridgehead atoms. The van der Waals surface area contributed by atoms with Crippen molar-refractivity contribution in [2.24, 2.45) is 7.05 Å². The Morgan fingerprint density at radius 2 is 2.05 bits per heavy atom. The summed E-state index contributed by atoms with van der Waals surface area (Å²) in [6.07, 6.45) is 2.05. The van der Waals surface area contributed by atoms with Gasteiger partial charge in [0.25, 0.3) is 11.9 Å². The number of esters is 1. The van der Waals surface area contributed by atoms with Gasteiger partial charge >= 0.3 is 12.5 Å². The Morgan fingerprint density at radius 3 is 2.72 bits per heavy atom. The number of amides is 1. The van der Waals surface area contributed by atoms with E-state index in [1.165, 1.54) is 23.9 Å². The lowest BCUT2D eigenvalue weighted by atomic mass is 9.89. The maximum atomic E-state index is 15.1. The van der Waals surface area contributed by atoms with E-state index in [-0.39, 0.29) is 63.9 Å². The Labute approximate surface area is 218 Å². The molecule has 0 saturated carbocycles. The third kappa shape index (κ3) is 4.35. The molecule has 0 aliphatic carbocycles. The van der Waals surface area contributed by atoms with E-state index in [4.69, 9.17) is 4.74 Å². The number of rotatable bonds is 6. The van der Waals surface area contributed by atoms with Crippen LogP contribution in [0.1, 0.15) is 33.6 Å². The lowest BCUT2D eigenvalue weighted by Gasteiger charge is -2.34. The maximum Gasteiger partial charge on any atom is 0.333 e. The first-order chi connectivity index (χ1) is 18.6. The molecule has 0 radical (unpaired) electrons. The number of methoxy groups -OCH3 is 1. The molecule has 1 aliphatic heterocycles. The van der Waals surface area contributed by atoms with Gasteiger partial charge in [-0.1, -0.05) is 0 Å². The number of halogens is 4. The minimum Gasteiger partial charge on any atom is -0.467 e. The van der Waals surface area contributed by atoms with Crippen molar-refractivity contribution in [1.82, 2.24) is 29.4 Å². The van der Waals surface area contributed by atoms with Crippen molar-refractivity contribution in [1.29, 1.82) is 5.26 Å². The number of aromatic nitrogens is 5. The number of nitriles is 1. The molecule has 1 atom stereocenters. The summed E-state index contributed by atoms with van der Waals surface area (Å²) >= 11 is 0. The van der Waals surface area contributed by atoms with Crippen molar-refractivity contribution in [3.05, 3.63) is 64.6 Å². The first kappa shape index (κ1) is 25.8. The maximum absolute atomic E-state index is 15.1. The number of hydrogen-bond acceptors (Lipinski definition) is 7. The van der Waals surface area contributed by atoms with Crippen LogP contribution in [0.4, 0.5) is 17.6 Å². The summed E-state index contributed by atoms with van der Waals surface area (Å²) < 4.78 is 61.9. The molecule has 3 aromatic heterocycles. The minimum absolute atomic E-state index is 0.0536. The molecule has 200 valence electrons. The van der Waals surface area contributed by atoms with Gasteiger partial charge in [0.15, 0.2) is 0 Å². The lowest BCUT2D eigenvalue weighted by molar-refractivity contribution is -0.146. The molecule has 0 N–H and O–H groups in total. The van der Waals surface area contributed by atoms with Gasteiger partial charge in [-0.2, -0.15) is 23.5 Å². The molecule has 0 fully saturated rings. The number of pyridine rings is 1. The number of carbonyl (C=O) groups is 2. The SMILES string of the molecule is COC(=O)[C@@H](Cc1cnn(C(F)F)c1)N1CCc2c(-c3nc4c(F)nn(C)c4cc3C#N)ccc(F)c2C1=O. The molecule has 4 heterocycles. The highest BCUT2D eigenvalue weighted by molar-refractivity contribution is 6.01. The fraction of sp³-hybridized carbons (Fsp3) is 0.280. The molecule has 0 saturated heterocycles. The summed E-state index contributed by atoms with van der Waals surface area (Å²) in [5, 5.41) is 17.0. The number of aryl methyl sites for hydroxylation is 1. The van der Waals surface area contributed by atoms with Crippen molar-refractivity contribution >= 4 is 22.9 Å². The molecular weight excluding hydrogens is 522 g/mol. The molecule has 1 aromatic carbocycles. The Morgan fingerprint density at radius 1 is 1.28 bits per heavy atom. The molecular formula is C25H19F4N7O3. The lowest BCUT2D eigenvalue weighted by Crippen LogP contribution is -2.50. The molecule has 1 aliphatic rings. The second-order valence-electron chi connectivity index (χ2n) is 8.82. The molecule has 0 spiro atoms. The molecule has 4 aromatic rings.